The third kappa shape index (κ3) is 2.09. The molecule has 92 valence electrons. The van der Waals surface area contributed by atoms with Crippen molar-refractivity contribution in [1.82, 2.24) is 9.55 Å². The van der Waals surface area contributed by atoms with Crippen LogP contribution in [-0.2, 0) is 0 Å². The standard InChI is InChI=1S/C13H18N2OS/c1-8(2)9(3)15-12-6-5-10(16-4)7-11(12)14-13(15)17/h5-9H,1-4H3,(H,14,17). The molecule has 0 amide bonds. The molecule has 3 nitrogen and oxygen atoms in total. The van der Waals surface area contributed by atoms with E-state index in [0.717, 1.165) is 21.6 Å². The molecule has 1 heterocycles. The number of benzene rings is 1. The van der Waals surface area contributed by atoms with Gasteiger partial charge in [-0.2, -0.15) is 0 Å². The zero-order valence-corrected chi connectivity index (χ0v) is 11.5. The molecular weight excluding hydrogens is 232 g/mol. The molecule has 0 aliphatic rings. The number of methoxy groups -OCH3 is 1. The Morgan fingerprint density at radius 1 is 1.29 bits per heavy atom. The summed E-state index contributed by atoms with van der Waals surface area (Å²) in [4.78, 5) is 3.24. The molecule has 0 fully saturated rings. The van der Waals surface area contributed by atoms with Gasteiger partial charge in [-0.05, 0) is 37.2 Å². The first-order chi connectivity index (χ1) is 8.04. The maximum Gasteiger partial charge on any atom is 0.178 e. The quantitative estimate of drug-likeness (QED) is 0.837. The molecule has 0 saturated carbocycles. The average Bonchev–Trinajstić information content (AvgIpc) is 2.62. The van der Waals surface area contributed by atoms with E-state index in [2.05, 4.69) is 36.4 Å². The number of hydrogen-bond donors (Lipinski definition) is 1. The van der Waals surface area contributed by atoms with Gasteiger partial charge in [0.15, 0.2) is 4.77 Å². The van der Waals surface area contributed by atoms with Gasteiger partial charge in [0.25, 0.3) is 0 Å². The summed E-state index contributed by atoms with van der Waals surface area (Å²) in [5.74, 6) is 1.39. The van der Waals surface area contributed by atoms with Crippen LogP contribution < -0.4 is 4.74 Å². The molecule has 1 aromatic carbocycles. The minimum Gasteiger partial charge on any atom is -0.497 e. The Morgan fingerprint density at radius 3 is 2.59 bits per heavy atom. The van der Waals surface area contributed by atoms with Gasteiger partial charge in [-0.15, -0.1) is 0 Å². The van der Waals surface area contributed by atoms with Crippen LogP contribution in [0, 0.1) is 10.7 Å². The van der Waals surface area contributed by atoms with Gasteiger partial charge in [-0.25, -0.2) is 0 Å². The molecule has 2 rings (SSSR count). The smallest absolute Gasteiger partial charge is 0.178 e. The summed E-state index contributed by atoms with van der Waals surface area (Å²) in [6.45, 7) is 6.60. The van der Waals surface area contributed by atoms with Gasteiger partial charge in [-0.3, -0.25) is 0 Å². The third-order valence-corrected chi connectivity index (χ3v) is 3.59. The Balaban J connectivity index is 2.64. The topological polar surface area (TPSA) is 29.9 Å². The Hall–Kier alpha value is -1.29. The second kappa shape index (κ2) is 4.53. The molecule has 1 aromatic heterocycles. The summed E-state index contributed by atoms with van der Waals surface area (Å²) in [5, 5.41) is 0. The van der Waals surface area contributed by atoms with Crippen molar-refractivity contribution in [3.05, 3.63) is 23.0 Å². The van der Waals surface area contributed by atoms with Crippen molar-refractivity contribution in [1.29, 1.82) is 0 Å². The van der Waals surface area contributed by atoms with E-state index in [0.29, 0.717) is 12.0 Å². The maximum atomic E-state index is 5.39. The first kappa shape index (κ1) is 12.2. The molecule has 0 radical (unpaired) electrons. The molecule has 2 aromatic rings. The van der Waals surface area contributed by atoms with E-state index in [1.54, 1.807) is 7.11 Å². The van der Waals surface area contributed by atoms with E-state index in [9.17, 15) is 0 Å². The van der Waals surface area contributed by atoms with Gasteiger partial charge in [0.2, 0.25) is 0 Å². The minimum absolute atomic E-state index is 0.379. The Kier molecular flexibility index (Phi) is 3.24. The first-order valence-corrected chi connectivity index (χ1v) is 6.23. The van der Waals surface area contributed by atoms with Gasteiger partial charge < -0.3 is 14.3 Å². The van der Waals surface area contributed by atoms with Crippen LogP contribution in [0.4, 0.5) is 0 Å². The van der Waals surface area contributed by atoms with Crippen LogP contribution in [0.15, 0.2) is 18.2 Å². The van der Waals surface area contributed by atoms with Crippen molar-refractivity contribution in [2.75, 3.05) is 7.11 Å². The van der Waals surface area contributed by atoms with Crippen LogP contribution in [0.3, 0.4) is 0 Å². The molecule has 0 aliphatic carbocycles. The second-order valence-corrected chi connectivity index (χ2v) is 5.05. The van der Waals surface area contributed by atoms with E-state index >= 15 is 0 Å². The number of imidazole rings is 1. The lowest BCUT2D eigenvalue weighted by atomic mass is 10.1. The number of fused-ring (bicyclic) bond motifs is 1. The highest BCUT2D eigenvalue weighted by molar-refractivity contribution is 7.71. The fourth-order valence-electron chi connectivity index (χ4n) is 1.94. The maximum absolute atomic E-state index is 5.39. The van der Waals surface area contributed by atoms with Crippen LogP contribution in [0.2, 0.25) is 0 Å². The lowest BCUT2D eigenvalue weighted by molar-refractivity contribution is 0.412. The molecule has 4 heteroatoms. The summed E-state index contributed by atoms with van der Waals surface area (Å²) in [5.41, 5.74) is 2.17. The monoisotopic (exact) mass is 250 g/mol. The van der Waals surface area contributed by atoms with Crippen molar-refractivity contribution in [2.45, 2.75) is 26.8 Å². The average molecular weight is 250 g/mol. The molecule has 0 bridgehead atoms. The molecule has 0 spiro atoms. The van der Waals surface area contributed by atoms with Gasteiger partial charge in [0, 0.05) is 12.1 Å². The SMILES string of the molecule is COc1ccc2c(c1)[nH]c(=S)n2C(C)C(C)C. The van der Waals surface area contributed by atoms with Crippen molar-refractivity contribution in [3.63, 3.8) is 0 Å². The van der Waals surface area contributed by atoms with Crippen molar-refractivity contribution >= 4 is 23.3 Å². The van der Waals surface area contributed by atoms with Gasteiger partial charge in [0.1, 0.15) is 5.75 Å². The predicted molar refractivity (Wildman–Crippen MR) is 73.2 cm³/mol. The molecule has 1 unspecified atom stereocenters. The van der Waals surface area contributed by atoms with E-state index < -0.39 is 0 Å². The fourth-order valence-corrected chi connectivity index (χ4v) is 2.31. The van der Waals surface area contributed by atoms with Crippen molar-refractivity contribution in [3.8, 4) is 5.75 Å². The Labute approximate surface area is 106 Å². The van der Waals surface area contributed by atoms with Crippen molar-refractivity contribution < 1.29 is 4.74 Å². The fraction of sp³-hybridized carbons (Fsp3) is 0.462. The summed E-state index contributed by atoms with van der Waals surface area (Å²) in [6, 6.07) is 6.38. The molecule has 0 saturated heterocycles. The number of H-pyrrole nitrogens is 1. The van der Waals surface area contributed by atoms with Crippen LogP contribution in [0.25, 0.3) is 11.0 Å². The summed E-state index contributed by atoms with van der Waals surface area (Å²) >= 11 is 5.39. The van der Waals surface area contributed by atoms with Crippen LogP contribution in [-0.4, -0.2) is 16.7 Å². The number of nitrogens with zero attached hydrogens (tertiary/aromatic N) is 1. The zero-order chi connectivity index (χ0) is 12.6. The van der Waals surface area contributed by atoms with E-state index in [4.69, 9.17) is 17.0 Å². The molecule has 17 heavy (non-hydrogen) atoms. The predicted octanol–water partition coefficient (Wildman–Crippen LogP) is 3.92. The first-order valence-electron chi connectivity index (χ1n) is 5.83. The number of nitrogens with one attached hydrogen (secondary N) is 1. The van der Waals surface area contributed by atoms with Crippen LogP contribution in [0.1, 0.15) is 26.8 Å². The summed E-state index contributed by atoms with van der Waals surface area (Å²) < 4.78 is 8.16. The van der Waals surface area contributed by atoms with Gasteiger partial charge in [-0.1, -0.05) is 13.8 Å². The van der Waals surface area contributed by atoms with E-state index in [1.165, 1.54) is 0 Å². The van der Waals surface area contributed by atoms with Crippen LogP contribution >= 0.6 is 12.2 Å². The summed E-state index contributed by atoms with van der Waals surface area (Å²) in [7, 11) is 1.67. The normalized spacial score (nSPS) is 13.2. The van der Waals surface area contributed by atoms with E-state index in [1.807, 2.05) is 12.1 Å². The number of aromatic amines is 1. The number of ether oxygens (including phenoxy) is 1. The Bertz CT molecular complexity index is 583. The minimum atomic E-state index is 0.379. The number of hydrogen-bond acceptors (Lipinski definition) is 2. The number of rotatable bonds is 3. The van der Waals surface area contributed by atoms with Crippen LogP contribution in [0.5, 0.6) is 5.75 Å². The highest BCUT2D eigenvalue weighted by Gasteiger charge is 2.14. The highest BCUT2D eigenvalue weighted by atomic mass is 32.1. The van der Waals surface area contributed by atoms with Crippen molar-refractivity contribution in [2.24, 2.45) is 5.92 Å². The van der Waals surface area contributed by atoms with Gasteiger partial charge >= 0.3 is 0 Å². The summed E-state index contributed by atoms with van der Waals surface area (Å²) in [6.07, 6.45) is 0. The molecule has 1 N–H and O–H groups in total. The third-order valence-electron chi connectivity index (χ3n) is 3.30. The lowest BCUT2D eigenvalue weighted by Crippen LogP contribution is -2.11. The van der Waals surface area contributed by atoms with Gasteiger partial charge in [0.05, 0.1) is 18.1 Å². The lowest BCUT2D eigenvalue weighted by Gasteiger charge is -2.18. The largest absolute Gasteiger partial charge is 0.497 e. The van der Waals surface area contributed by atoms with E-state index in [-0.39, 0.29) is 0 Å². The Morgan fingerprint density at radius 2 is 2.00 bits per heavy atom. The molecule has 0 aliphatic heterocycles. The highest BCUT2D eigenvalue weighted by Crippen LogP contribution is 2.26. The molecular formula is C13H18N2OS. The molecule has 1 atom stereocenters. The zero-order valence-electron chi connectivity index (χ0n) is 10.7. The number of aromatic nitrogens is 2. The second-order valence-electron chi connectivity index (χ2n) is 4.67.